The van der Waals surface area contributed by atoms with Crippen molar-refractivity contribution in [3.63, 3.8) is 0 Å². The maximum atomic E-state index is 12.4. The molecule has 27 heavy (non-hydrogen) atoms. The van der Waals surface area contributed by atoms with Gasteiger partial charge in [-0.15, -0.1) is 0 Å². The monoisotopic (exact) mass is 401 g/mol. The third-order valence-corrected chi connectivity index (χ3v) is 4.46. The minimum Gasteiger partial charge on any atom is -0.507 e. The number of carbonyl (C=O) groups is 1. The van der Waals surface area contributed by atoms with E-state index < -0.39 is 5.91 Å². The van der Waals surface area contributed by atoms with Gasteiger partial charge in [0.25, 0.3) is 5.91 Å². The standard InChI is InChI=1S/C21H17Cl2NO3/c22-15-6-9-20(25)17(12-15)21(26)24-19-13-16(7-8-18(19)23)27-11-10-14-4-2-1-3-5-14/h1-9,12-13,25H,10-11H2,(H,24,26). The molecule has 2 N–H and O–H groups in total. The van der Waals surface area contributed by atoms with E-state index in [1.165, 1.54) is 23.8 Å². The first-order chi connectivity index (χ1) is 13.0. The zero-order valence-electron chi connectivity index (χ0n) is 14.3. The van der Waals surface area contributed by atoms with E-state index in [0.717, 1.165) is 6.42 Å². The number of nitrogens with one attached hydrogen (secondary N) is 1. The molecule has 3 rings (SSSR count). The molecule has 4 nitrogen and oxygen atoms in total. The second kappa shape index (κ2) is 8.80. The number of hydrogen-bond donors (Lipinski definition) is 2. The number of phenolic OH excluding ortho intramolecular Hbond substituents is 1. The summed E-state index contributed by atoms with van der Waals surface area (Å²) in [5, 5.41) is 13.2. The van der Waals surface area contributed by atoms with Crippen molar-refractivity contribution < 1.29 is 14.6 Å². The maximum Gasteiger partial charge on any atom is 0.259 e. The summed E-state index contributed by atoms with van der Waals surface area (Å²) in [6.07, 6.45) is 0.765. The molecular weight excluding hydrogens is 385 g/mol. The molecule has 0 unspecified atom stereocenters. The van der Waals surface area contributed by atoms with E-state index in [0.29, 0.717) is 28.1 Å². The zero-order valence-corrected chi connectivity index (χ0v) is 15.8. The Morgan fingerprint density at radius 3 is 2.56 bits per heavy atom. The first-order valence-corrected chi connectivity index (χ1v) is 9.04. The molecule has 0 atom stereocenters. The third-order valence-electron chi connectivity index (χ3n) is 3.89. The third kappa shape index (κ3) is 5.16. The van der Waals surface area contributed by atoms with Gasteiger partial charge in [-0.2, -0.15) is 0 Å². The van der Waals surface area contributed by atoms with Crippen molar-refractivity contribution in [2.75, 3.05) is 11.9 Å². The average Bonchev–Trinajstić information content (AvgIpc) is 2.67. The van der Waals surface area contributed by atoms with Crippen molar-refractivity contribution in [3.8, 4) is 11.5 Å². The number of rotatable bonds is 6. The molecule has 0 aromatic heterocycles. The lowest BCUT2D eigenvalue weighted by atomic mass is 10.1. The van der Waals surface area contributed by atoms with Gasteiger partial charge < -0.3 is 15.2 Å². The molecule has 138 valence electrons. The highest BCUT2D eigenvalue weighted by atomic mass is 35.5. The molecule has 0 aliphatic carbocycles. The summed E-state index contributed by atoms with van der Waals surface area (Å²) < 4.78 is 5.76. The number of aromatic hydroxyl groups is 1. The molecule has 6 heteroatoms. The molecule has 0 heterocycles. The van der Waals surface area contributed by atoms with Crippen molar-refractivity contribution in [2.45, 2.75) is 6.42 Å². The number of amides is 1. The highest BCUT2D eigenvalue weighted by Crippen LogP contribution is 2.29. The quantitative estimate of drug-likeness (QED) is 0.567. The summed E-state index contributed by atoms with van der Waals surface area (Å²) in [4.78, 5) is 12.4. The first kappa shape index (κ1) is 19.1. The van der Waals surface area contributed by atoms with Crippen LogP contribution in [-0.4, -0.2) is 17.6 Å². The summed E-state index contributed by atoms with van der Waals surface area (Å²) in [7, 11) is 0. The number of hydrogen-bond acceptors (Lipinski definition) is 3. The van der Waals surface area contributed by atoms with Crippen molar-refractivity contribution in [1.82, 2.24) is 0 Å². The SMILES string of the molecule is O=C(Nc1cc(OCCc2ccccc2)ccc1Cl)c1cc(Cl)ccc1O. The Labute approximate surface area is 167 Å². The van der Waals surface area contributed by atoms with Crippen LogP contribution in [0.4, 0.5) is 5.69 Å². The predicted octanol–water partition coefficient (Wildman–Crippen LogP) is 5.57. The molecule has 0 spiro atoms. The van der Waals surface area contributed by atoms with Gasteiger partial charge in [-0.05, 0) is 35.9 Å². The Morgan fingerprint density at radius 2 is 1.78 bits per heavy atom. The van der Waals surface area contributed by atoms with Gasteiger partial charge in [-0.25, -0.2) is 0 Å². The van der Waals surface area contributed by atoms with E-state index in [1.807, 2.05) is 30.3 Å². The average molecular weight is 402 g/mol. The first-order valence-electron chi connectivity index (χ1n) is 8.29. The van der Waals surface area contributed by atoms with E-state index >= 15 is 0 Å². The fourth-order valence-electron chi connectivity index (χ4n) is 2.50. The molecule has 0 saturated heterocycles. The highest BCUT2D eigenvalue weighted by Gasteiger charge is 2.14. The minimum absolute atomic E-state index is 0.0639. The van der Waals surface area contributed by atoms with Crippen LogP contribution >= 0.6 is 23.2 Å². The molecule has 0 radical (unpaired) electrons. The molecule has 0 aliphatic rings. The van der Waals surface area contributed by atoms with E-state index in [9.17, 15) is 9.90 Å². The van der Waals surface area contributed by atoms with E-state index in [2.05, 4.69) is 5.32 Å². The second-order valence-corrected chi connectivity index (χ2v) is 6.68. The maximum absolute atomic E-state index is 12.4. The van der Waals surface area contributed by atoms with Gasteiger partial charge in [0.2, 0.25) is 0 Å². The summed E-state index contributed by atoms with van der Waals surface area (Å²) in [6, 6.07) is 19.3. The normalized spacial score (nSPS) is 10.4. The van der Waals surface area contributed by atoms with Gasteiger partial charge in [0.15, 0.2) is 0 Å². The number of halogens is 2. The molecular formula is C21H17Cl2NO3. The molecule has 0 bridgehead atoms. The van der Waals surface area contributed by atoms with Crippen LogP contribution in [0.15, 0.2) is 66.7 Å². The lowest BCUT2D eigenvalue weighted by Crippen LogP contribution is -2.12. The number of anilines is 1. The Kier molecular flexibility index (Phi) is 6.22. The molecule has 1 amide bonds. The fourth-order valence-corrected chi connectivity index (χ4v) is 2.84. The smallest absolute Gasteiger partial charge is 0.259 e. The van der Waals surface area contributed by atoms with Crippen LogP contribution < -0.4 is 10.1 Å². The molecule has 0 fully saturated rings. The highest BCUT2D eigenvalue weighted by molar-refractivity contribution is 6.34. The predicted molar refractivity (Wildman–Crippen MR) is 108 cm³/mol. The number of ether oxygens (including phenoxy) is 1. The number of phenols is 1. The van der Waals surface area contributed by atoms with E-state index in [4.69, 9.17) is 27.9 Å². The molecule has 0 aliphatic heterocycles. The van der Waals surface area contributed by atoms with Crippen LogP contribution in [0.3, 0.4) is 0 Å². The summed E-state index contributed by atoms with van der Waals surface area (Å²) in [5.74, 6) is -0.0948. The van der Waals surface area contributed by atoms with Gasteiger partial charge in [-0.1, -0.05) is 53.5 Å². The van der Waals surface area contributed by atoms with Crippen LogP contribution in [0.25, 0.3) is 0 Å². The van der Waals surface area contributed by atoms with Crippen LogP contribution in [0.5, 0.6) is 11.5 Å². The Balaban J connectivity index is 1.68. The van der Waals surface area contributed by atoms with Crippen molar-refractivity contribution >= 4 is 34.8 Å². The number of carbonyl (C=O) groups excluding carboxylic acids is 1. The molecule has 0 saturated carbocycles. The minimum atomic E-state index is -0.515. The fraction of sp³-hybridized carbons (Fsp3) is 0.0952. The topological polar surface area (TPSA) is 58.6 Å². The van der Waals surface area contributed by atoms with Gasteiger partial charge >= 0.3 is 0 Å². The Hall–Kier alpha value is -2.69. The zero-order chi connectivity index (χ0) is 19.2. The van der Waals surface area contributed by atoms with Gasteiger partial charge in [-0.3, -0.25) is 4.79 Å². The lowest BCUT2D eigenvalue weighted by molar-refractivity contribution is 0.102. The van der Waals surface area contributed by atoms with Crippen molar-refractivity contribution in [2.24, 2.45) is 0 Å². The largest absolute Gasteiger partial charge is 0.507 e. The Morgan fingerprint density at radius 1 is 1.00 bits per heavy atom. The van der Waals surface area contributed by atoms with E-state index in [1.54, 1.807) is 18.2 Å². The van der Waals surface area contributed by atoms with Crippen molar-refractivity contribution in [3.05, 3.63) is 87.9 Å². The van der Waals surface area contributed by atoms with Gasteiger partial charge in [0.1, 0.15) is 11.5 Å². The summed E-state index contributed by atoms with van der Waals surface area (Å²) in [5.41, 5.74) is 1.63. The lowest BCUT2D eigenvalue weighted by Gasteiger charge is -2.12. The van der Waals surface area contributed by atoms with Crippen LogP contribution in [0.1, 0.15) is 15.9 Å². The molecule has 3 aromatic carbocycles. The van der Waals surface area contributed by atoms with Gasteiger partial charge in [0, 0.05) is 17.5 Å². The van der Waals surface area contributed by atoms with Gasteiger partial charge in [0.05, 0.1) is 22.9 Å². The Bertz CT molecular complexity index is 945. The molecule has 3 aromatic rings. The van der Waals surface area contributed by atoms with Crippen molar-refractivity contribution in [1.29, 1.82) is 0 Å². The van der Waals surface area contributed by atoms with Crippen LogP contribution in [0.2, 0.25) is 10.0 Å². The van der Waals surface area contributed by atoms with E-state index in [-0.39, 0.29) is 11.3 Å². The summed E-state index contributed by atoms with van der Waals surface area (Å²) in [6.45, 7) is 0.494. The number of benzene rings is 3. The van der Waals surface area contributed by atoms with Crippen LogP contribution in [0, 0.1) is 0 Å². The second-order valence-electron chi connectivity index (χ2n) is 5.84. The van der Waals surface area contributed by atoms with Crippen LogP contribution in [-0.2, 0) is 6.42 Å². The summed E-state index contributed by atoms with van der Waals surface area (Å²) >= 11 is 12.1.